The highest BCUT2D eigenvalue weighted by Crippen LogP contribution is 2.34. The Kier molecular flexibility index (Phi) is 3.31. The van der Waals surface area contributed by atoms with E-state index in [1.807, 2.05) is 0 Å². The molecule has 1 fully saturated rings. The minimum Gasteiger partial charge on any atom is -0.361 e. The van der Waals surface area contributed by atoms with Gasteiger partial charge in [-0.05, 0) is 24.7 Å². The summed E-state index contributed by atoms with van der Waals surface area (Å²) in [6.45, 7) is 4.38. The molecule has 3 atom stereocenters. The Hall–Kier alpha value is -1.59. The largest absolute Gasteiger partial charge is 0.361 e. The summed E-state index contributed by atoms with van der Waals surface area (Å²) < 4.78 is 0. The molecule has 1 saturated carbocycles. The first kappa shape index (κ1) is 11.9. The molecular weight excluding hydrogens is 220 g/mol. The summed E-state index contributed by atoms with van der Waals surface area (Å²) in [5.41, 5.74) is -1.03. The number of aromatic nitrogens is 3. The predicted octanol–water partition coefficient (Wildman–Crippen LogP) is 0.695. The van der Waals surface area contributed by atoms with Gasteiger partial charge in [0.25, 0.3) is 5.56 Å². The maximum Gasteiger partial charge on any atom is 0.342 e. The van der Waals surface area contributed by atoms with Crippen LogP contribution in [0.1, 0.15) is 33.1 Å². The first-order valence-electron chi connectivity index (χ1n) is 6.07. The van der Waals surface area contributed by atoms with Crippen molar-refractivity contribution in [1.82, 2.24) is 15.2 Å². The van der Waals surface area contributed by atoms with E-state index in [1.54, 1.807) is 0 Å². The van der Waals surface area contributed by atoms with Crippen LogP contribution in [0.2, 0.25) is 0 Å². The molecule has 0 spiro atoms. The first-order valence-corrected chi connectivity index (χ1v) is 6.07. The SMILES string of the molecule is CCC1CCC(Nc2n[nH]c(=O)[nH]c2=O)C1C. The van der Waals surface area contributed by atoms with Crippen LogP contribution in [0.4, 0.5) is 5.82 Å². The van der Waals surface area contributed by atoms with Gasteiger partial charge in [0.2, 0.25) is 5.82 Å². The van der Waals surface area contributed by atoms with Gasteiger partial charge in [-0.1, -0.05) is 20.3 Å². The van der Waals surface area contributed by atoms with Gasteiger partial charge in [-0.3, -0.25) is 9.78 Å². The molecule has 6 nitrogen and oxygen atoms in total. The van der Waals surface area contributed by atoms with Crippen molar-refractivity contribution in [1.29, 1.82) is 0 Å². The first-order chi connectivity index (χ1) is 8.11. The van der Waals surface area contributed by atoms with E-state index >= 15 is 0 Å². The summed E-state index contributed by atoms with van der Waals surface area (Å²) in [6, 6.07) is 0.263. The molecule has 1 heterocycles. The molecule has 0 aromatic carbocycles. The van der Waals surface area contributed by atoms with Crippen LogP contribution in [-0.2, 0) is 0 Å². The molecule has 0 radical (unpaired) electrons. The highest BCUT2D eigenvalue weighted by molar-refractivity contribution is 5.31. The normalized spacial score (nSPS) is 28.2. The van der Waals surface area contributed by atoms with E-state index < -0.39 is 11.2 Å². The van der Waals surface area contributed by atoms with Crippen molar-refractivity contribution in [3.63, 3.8) is 0 Å². The van der Waals surface area contributed by atoms with Crippen LogP contribution in [-0.4, -0.2) is 21.2 Å². The van der Waals surface area contributed by atoms with Crippen LogP contribution >= 0.6 is 0 Å². The van der Waals surface area contributed by atoms with Crippen LogP contribution in [0, 0.1) is 11.8 Å². The molecule has 0 saturated heterocycles. The number of rotatable bonds is 3. The quantitative estimate of drug-likeness (QED) is 0.722. The van der Waals surface area contributed by atoms with Crippen molar-refractivity contribution >= 4 is 5.82 Å². The molecule has 0 amide bonds. The second kappa shape index (κ2) is 4.73. The van der Waals surface area contributed by atoms with Crippen LogP contribution in [0.15, 0.2) is 9.59 Å². The van der Waals surface area contributed by atoms with Gasteiger partial charge in [-0.15, -0.1) is 5.10 Å². The van der Waals surface area contributed by atoms with Crippen molar-refractivity contribution in [3.05, 3.63) is 20.8 Å². The van der Waals surface area contributed by atoms with Gasteiger partial charge in [0.05, 0.1) is 0 Å². The third-order valence-corrected chi connectivity index (χ3v) is 3.78. The summed E-state index contributed by atoms with van der Waals surface area (Å²) in [4.78, 5) is 24.5. The van der Waals surface area contributed by atoms with E-state index in [1.165, 1.54) is 6.42 Å². The third kappa shape index (κ3) is 2.40. The molecule has 1 aliphatic rings. The van der Waals surface area contributed by atoms with Gasteiger partial charge in [0.15, 0.2) is 0 Å². The van der Waals surface area contributed by atoms with E-state index in [0.29, 0.717) is 11.8 Å². The van der Waals surface area contributed by atoms with E-state index in [4.69, 9.17) is 0 Å². The van der Waals surface area contributed by atoms with Crippen LogP contribution in [0.5, 0.6) is 0 Å². The zero-order valence-corrected chi connectivity index (χ0v) is 10.1. The fraction of sp³-hybridized carbons (Fsp3) is 0.727. The summed E-state index contributed by atoms with van der Waals surface area (Å²) in [5.74, 6) is 1.43. The molecule has 0 bridgehead atoms. The predicted molar refractivity (Wildman–Crippen MR) is 65.1 cm³/mol. The second-order valence-electron chi connectivity index (χ2n) is 4.71. The molecule has 3 unspecified atom stereocenters. The van der Waals surface area contributed by atoms with Crippen LogP contribution in [0.25, 0.3) is 0 Å². The Labute approximate surface area is 98.8 Å². The van der Waals surface area contributed by atoms with Gasteiger partial charge in [0, 0.05) is 6.04 Å². The van der Waals surface area contributed by atoms with Crippen molar-refractivity contribution in [3.8, 4) is 0 Å². The lowest BCUT2D eigenvalue weighted by atomic mass is 9.93. The van der Waals surface area contributed by atoms with Crippen molar-refractivity contribution in [2.45, 2.75) is 39.2 Å². The van der Waals surface area contributed by atoms with Gasteiger partial charge >= 0.3 is 5.69 Å². The maximum atomic E-state index is 11.5. The van der Waals surface area contributed by atoms with Crippen LogP contribution < -0.4 is 16.6 Å². The van der Waals surface area contributed by atoms with Crippen LogP contribution in [0.3, 0.4) is 0 Å². The molecule has 2 rings (SSSR count). The van der Waals surface area contributed by atoms with Gasteiger partial charge in [-0.2, -0.15) is 0 Å². The molecule has 1 aromatic heterocycles. The Bertz CT molecular complexity index is 493. The molecule has 0 aliphatic heterocycles. The molecular formula is C11H18N4O2. The Balaban J connectivity index is 2.12. The molecule has 3 N–H and O–H groups in total. The minimum absolute atomic E-state index is 0.207. The highest BCUT2D eigenvalue weighted by Gasteiger charge is 2.32. The maximum absolute atomic E-state index is 11.5. The molecule has 94 valence electrons. The Morgan fingerprint density at radius 1 is 1.41 bits per heavy atom. The molecule has 1 aromatic rings. The van der Waals surface area contributed by atoms with E-state index in [0.717, 1.165) is 12.8 Å². The third-order valence-electron chi connectivity index (χ3n) is 3.78. The van der Waals surface area contributed by atoms with Crippen molar-refractivity contribution < 1.29 is 0 Å². The van der Waals surface area contributed by atoms with Gasteiger partial charge in [0.1, 0.15) is 0 Å². The van der Waals surface area contributed by atoms with Crippen molar-refractivity contribution in [2.24, 2.45) is 11.8 Å². The summed E-state index contributed by atoms with van der Waals surface area (Å²) in [5, 5.41) is 9.09. The lowest BCUT2D eigenvalue weighted by Crippen LogP contribution is -2.32. The van der Waals surface area contributed by atoms with Gasteiger partial charge < -0.3 is 5.32 Å². The summed E-state index contributed by atoms with van der Waals surface area (Å²) >= 11 is 0. The molecule has 1 aliphatic carbocycles. The zero-order valence-electron chi connectivity index (χ0n) is 10.1. The Morgan fingerprint density at radius 2 is 2.18 bits per heavy atom. The number of H-pyrrole nitrogens is 2. The fourth-order valence-corrected chi connectivity index (χ4v) is 2.65. The zero-order chi connectivity index (χ0) is 12.4. The number of nitrogens with zero attached hydrogens (tertiary/aromatic N) is 1. The van der Waals surface area contributed by atoms with E-state index in [2.05, 4.69) is 34.3 Å². The highest BCUT2D eigenvalue weighted by atomic mass is 16.2. The average molecular weight is 238 g/mol. The standard InChI is InChI=1S/C11H18N4O2/c1-3-7-4-5-8(6(7)2)12-9-10(16)13-11(17)15-14-9/h6-8H,3-5H2,1-2H3,(H,12,14)(H2,13,15,16,17). The number of anilines is 1. The monoisotopic (exact) mass is 238 g/mol. The summed E-state index contributed by atoms with van der Waals surface area (Å²) in [7, 11) is 0. The van der Waals surface area contributed by atoms with Gasteiger partial charge in [-0.25, -0.2) is 9.89 Å². The van der Waals surface area contributed by atoms with Crippen molar-refractivity contribution in [2.75, 3.05) is 5.32 Å². The number of hydrogen-bond donors (Lipinski definition) is 3. The topological polar surface area (TPSA) is 90.6 Å². The minimum atomic E-state index is -0.577. The number of nitrogens with one attached hydrogen (secondary N) is 3. The fourth-order valence-electron chi connectivity index (χ4n) is 2.65. The lowest BCUT2D eigenvalue weighted by Gasteiger charge is -2.20. The Morgan fingerprint density at radius 3 is 2.76 bits per heavy atom. The molecule has 17 heavy (non-hydrogen) atoms. The second-order valence-corrected chi connectivity index (χ2v) is 4.71. The number of hydrogen-bond acceptors (Lipinski definition) is 4. The lowest BCUT2D eigenvalue weighted by molar-refractivity contribution is 0.391. The molecule has 6 heteroatoms. The summed E-state index contributed by atoms with van der Waals surface area (Å²) in [6.07, 6.45) is 3.38. The number of aromatic amines is 2. The van der Waals surface area contributed by atoms with E-state index in [-0.39, 0.29) is 11.9 Å². The smallest absolute Gasteiger partial charge is 0.342 e. The van der Waals surface area contributed by atoms with E-state index in [9.17, 15) is 9.59 Å². The average Bonchev–Trinajstić information content (AvgIpc) is 2.64.